The fourth-order valence-electron chi connectivity index (χ4n) is 3.05. The first-order valence-corrected chi connectivity index (χ1v) is 9.05. The third-order valence-corrected chi connectivity index (χ3v) is 4.51. The van der Waals surface area contributed by atoms with Crippen LogP contribution in [0.25, 0.3) is 17.1 Å². The zero-order valence-corrected chi connectivity index (χ0v) is 15.5. The molecule has 0 atom stereocenters. The lowest BCUT2D eigenvalue weighted by atomic mass is 10.2. The predicted molar refractivity (Wildman–Crippen MR) is 106 cm³/mol. The molecule has 28 heavy (non-hydrogen) atoms. The smallest absolute Gasteiger partial charge is 0.270 e. The van der Waals surface area contributed by atoms with Gasteiger partial charge in [0.05, 0.1) is 11.9 Å². The summed E-state index contributed by atoms with van der Waals surface area (Å²) in [5.74, 6) is 1.45. The van der Waals surface area contributed by atoms with Crippen LogP contribution in [-0.4, -0.2) is 37.0 Å². The third kappa shape index (κ3) is 3.55. The molecule has 1 amide bonds. The highest BCUT2D eigenvalue weighted by molar-refractivity contribution is 5.93. The predicted octanol–water partition coefficient (Wildman–Crippen LogP) is 2.64. The van der Waals surface area contributed by atoms with Gasteiger partial charge >= 0.3 is 0 Å². The molecule has 2 aromatic carbocycles. The molecule has 0 spiro atoms. The van der Waals surface area contributed by atoms with Crippen LogP contribution in [0.2, 0.25) is 0 Å². The molecule has 0 aliphatic rings. The molecule has 4 rings (SSSR count). The maximum atomic E-state index is 12.6. The van der Waals surface area contributed by atoms with Gasteiger partial charge in [-0.2, -0.15) is 5.10 Å². The van der Waals surface area contributed by atoms with Crippen LogP contribution in [0.4, 0.5) is 0 Å². The summed E-state index contributed by atoms with van der Waals surface area (Å²) in [5, 5.41) is 15.7. The second-order valence-electron chi connectivity index (χ2n) is 6.33. The summed E-state index contributed by atoms with van der Waals surface area (Å²) in [4.78, 5) is 12.6. The Balaban J connectivity index is 1.41. The van der Waals surface area contributed by atoms with Gasteiger partial charge in [0.15, 0.2) is 5.82 Å². The van der Waals surface area contributed by atoms with Crippen LogP contribution >= 0.6 is 0 Å². The van der Waals surface area contributed by atoms with E-state index in [-0.39, 0.29) is 5.91 Å². The highest BCUT2D eigenvalue weighted by Gasteiger charge is 2.14. The third-order valence-electron chi connectivity index (χ3n) is 4.51. The number of nitrogens with zero attached hydrogens (tertiary/aromatic N) is 5. The number of carbonyl (C=O) groups excluding carboxylic acids is 1. The highest BCUT2D eigenvalue weighted by Crippen LogP contribution is 2.16. The fourth-order valence-corrected chi connectivity index (χ4v) is 3.05. The van der Waals surface area contributed by atoms with E-state index in [0.29, 0.717) is 18.7 Å². The zero-order valence-electron chi connectivity index (χ0n) is 15.5. The molecule has 0 radical (unpaired) electrons. The van der Waals surface area contributed by atoms with E-state index in [4.69, 9.17) is 0 Å². The highest BCUT2D eigenvalue weighted by atomic mass is 16.2. The molecule has 2 aromatic heterocycles. The number of para-hydroxylation sites is 1. The first-order valence-electron chi connectivity index (χ1n) is 9.05. The van der Waals surface area contributed by atoms with E-state index < -0.39 is 0 Å². The maximum Gasteiger partial charge on any atom is 0.270 e. The molecule has 0 unspecified atom stereocenters. The molecule has 0 aliphatic heterocycles. The molecule has 0 saturated heterocycles. The molecule has 2 heterocycles. The van der Waals surface area contributed by atoms with Crippen molar-refractivity contribution in [2.24, 2.45) is 7.05 Å². The molecule has 0 aliphatic carbocycles. The summed E-state index contributed by atoms with van der Waals surface area (Å²) in [7, 11) is 1.93. The molecular formula is C21H20N6O. The van der Waals surface area contributed by atoms with Crippen LogP contribution in [0, 0.1) is 0 Å². The number of amides is 1. The number of benzene rings is 2. The van der Waals surface area contributed by atoms with E-state index in [1.807, 2.05) is 72.3 Å². The largest absolute Gasteiger partial charge is 0.350 e. The van der Waals surface area contributed by atoms with Gasteiger partial charge < -0.3 is 9.88 Å². The number of rotatable bonds is 6. The Morgan fingerprint density at radius 1 is 0.964 bits per heavy atom. The molecule has 140 valence electrons. The van der Waals surface area contributed by atoms with Gasteiger partial charge in [0.25, 0.3) is 5.91 Å². The Kier molecular flexibility index (Phi) is 4.97. The van der Waals surface area contributed by atoms with Crippen molar-refractivity contribution in [2.75, 3.05) is 6.54 Å². The van der Waals surface area contributed by atoms with Crippen LogP contribution in [0.1, 0.15) is 16.3 Å². The molecule has 7 heteroatoms. The minimum Gasteiger partial charge on any atom is -0.350 e. The molecule has 7 nitrogen and oxygen atoms in total. The van der Waals surface area contributed by atoms with Crippen molar-refractivity contribution in [3.05, 3.63) is 84.4 Å². The number of hydrogen-bond acceptors (Lipinski definition) is 4. The average molecular weight is 372 g/mol. The van der Waals surface area contributed by atoms with Crippen molar-refractivity contribution >= 4 is 5.91 Å². The summed E-state index contributed by atoms with van der Waals surface area (Å²) >= 11 is 0. The molecular weight excluding hydrogens is 352 g/mol. The van der Waals surface area contributed by atoms with E-state index in [1.165, 1.54) is 0 Å². The van der Waals surface area contributed by atoms with Gasteiger partial charge in [0.1, 0.15) is 11.5 Å². The minimum atomic E-state index is -0.174. The van der Waals surface area contributed by atoms with E-state index in [1.54, 1.807) is 16.9 Å². The van der Waals surface area contributed by atoms with E-state index in [2.05, 4.69) is 20.6 Å². The minimum absolute atomic E-state index is 0.174. The number of carbonyl (C=O) groups is 1. The number of aromatic nitrogens is 5. The zero-order chi connectivity index (χ0) is 19.3. The van der Waals surface area contributed by atoms with Crippen molar-refractivity contribution in [3.63, 3.8) is 0 Å². The Morgan fingerprint density at radius 3 is 2.43 bits per heavy atom. The maximum absolute atomic E-state index is 12.6. The average Bonchev–Trinajstić information content (AvgIpc) is 3.37. The van der Waals surface area contributed by atoms with Crippen molar-refractivity contribution in [1.82, 2.24) is 29.9 Å². The van der Waals surface area contributed by atoms with Crippen LogP contribution in [0.3, 0.4) is 0 Å². The summed E-state index contributed by atoms with van der Waals surface area (Å²) in [5.41, 5.74) is 2.35. The first kappa shape index (κ1) is 17.7. The van der Waals surface area contributed by atoms with Gasteiger partial charge in [-0.3, -0.25) is 4.79 Å². The van der Waals surface area contributed by atoms with Gasteiger partial charge in [-0.25, -0.2) is 4.68 Å². The Bertz CT molecular complexity index is 1070. The summed E-state index contributed by atoms with van der Waals surface area (Å²) in [6.07, 6.45) is 2.21. The van der Waals surface area contributed by atoms with Crippen molar-refractivity contribution < 1.29 is 4.79 Å². The number of nitrogens with one attached hydrogen (secondary N) is 1. The first-order chi connectivity index (χ1) is 13.7. The van der Waals surface area contributed by atoms with Crippen LogP contribution in [-0.2, 0) is 13.5 Å². The quantitative estimate of drug-likeness (QED) is 0.564. The molecule has 0 bridgehead atoms. The summed E-state index contributed by atoms with van der Waals surface area (Å²) < 4.78 is 3.58. The normalized spacial score (nSPS) is 10.8. The second-order valence-corrected chi connectivity index (χ2v) is 6.33. The van der Waals surface area contributed by atoms with Gasteiger partial charge in [0.2, 0.25) is 0 Å². The summed E-state index contributed by atoms with van der Waals surface area (Å²) in [6, 6.07) is 21.2. The van der Waals surface area contributed by atoms with Crippen molar-refractivity contribution in [1.29, 1.82) is 0 Å². The van der Waals surface area contributed by atoms with Gasteiger partial charge in [-0.05, 0) is 18.2 Å². The standard InChI is InChI=1S/C21H20N6O/c1-26-19(24-25-20(26)16-8-4-2-5-9-16)13-14-22-21(28)18-12-15-23-27(18)17-10-6-3-7-11-17/h2-12,15H,13-14H2,1H3,(H,22,28). The van der Waals surface area contributed by atoms with Crippen molar-refractivity contribution in [2.45, 2.75) is 6.42 Å². The molecule has 0 saturated carbocycles. The monoisotopic (exact) mass is 372 g/mol. The Morgan fingerprint density at radius 2 is 1.68 bits per heavy atom. The van der Waals surface area contributed by atoms with Gasteiger partial charge in [-0.1, -0.05) is 48.5 Å². The SMILES string of the molecule is Cn1c(CCNC(=O)c2ccnn2-c2ccccc2)nnc1-c1ccccc1. The Hall–Kier alpha value is -3.74. The molecule has 0 fully saturated rings. The van der Waals surface area contributed by atoms with Crippen LogP contribution in [0.15, 0.2) is 72.9 Å². The topological polar surface area (TPSA) is 77.6 Å². The van der Waals surface area contributed by atoms with E-state index in [9.17, 15) is 4.79 Å². The van der Waals surface area contributed by atoms with Gasteiger partial charge in [0, 0.05) is 25.6 Å². The fraction of sp³-hybridized carbons (Fsp3) is 0.143. The lowest BCUT2D eigenvalue weighted by Gasteiger charge is -2.08. The van der Waals surface area contributed by atoms with Crippen LogP contribution < -0.4 is 5.32 Å². The van der Waals surface area contributed by atoms with E-state index >= 15 is 0 Å². The Labute approximate surface area is 162 Å². The van der Waals surface area contributed by atoms with E-state index in [0.717, 1.165) is 22.9 Å². The lowest BCUT2D eigenvalue weighted by molar-refractivity contribution is 0.0946. The molecule has 1 N–H and O–H groups in total. The summed E-state index contributed by atoms with van der Waals surface area (Å²) in [6.45, 7) is 0.458. The molecule has 4 aromatic rings. The number of hydrogen-bond donors (Lipinski definition) is 1. The second kappa shape index (κ2) is 7.87. The lowest BCUT2D eigenvalue weighted by Crippen LogP contribution is -2.28. The van der Waals surface area contributed by atoms with Crippen LogP contribution in [0.5, 0.6) is 0 Å². The van der Waals surface area contributed by atoms with Gasteiger partial charge in [-0.15, -0.1) is 10.2 Å². The van der Waals surface area contributed by atoms with Crippen molar-refractivity contribution in [3.8, 4) is 17.1 Å².